The highest BCUT2D eigenvalue weighted by Crippen LogP contribution is 2.32. The van der Waals surface area contributed by atoms with Crippen LogP contribution in [0.4, 0.5) is 10.1 Å². The normalized spacial score (nSPS) is 12.2. The molecule has 0 bridgehead atoms. The summed E-state index contributed by atoms with van der Waals surface area (Å²) in [5.41, 5.74) is 0.825. The molecule has 0 saturated heterocycles. The Bertz CT molecular complexity index is 800. The van der Waals surface area contributed by atoms with Gasteiger partial charge in [-0.3, -0.25) is 0 Å². The molecule has 1 heterocycles. The molecule has 1 atom stereocenters. The molecule has 0 amide bonds. The molecule has 0 radical (unpaired) electrons. The molecule has 1 unspecified atom stereocenters. The number of hydrogen-bond acceptors (Lipinski definition) is 3. The molecule has 0 aliphatic carbocycles. The zero-order valence-electron chi connectivity index (χ0n) is 10.9. The number of thiophene rings is 1. The Morgan fingerprint density at radius 2 is 1.86 bits per heavy atom. The quantitative estimate of drug-likeness (QED) is 0.756. The van der Waals surface area contributed by atoms with Crippen LogP contribution in [-0.4, -0.2) is 11.1 Å². The zero-order valence-corrected chi connectivity index (χ0v) is 11.7. The number of anilines is 1. The van der Waals surface area contributed by atoms with Crippen molar-refractivity contribution in [2.24, 2.45) is 0 Å². The third kappa shape index (κ3) is 2.60. The summed E-state index contributed by atoms with van der Waals surface area (Å²) in [4.78, 5) is 11.6. The lowest BCUT2D eigenvalue weighted by Gasteiger charge is -2.16. The fourth-order valence-electron chi connectivity index (χ4n) is 2.23. The van der Waals surface area contributed by atoms with Crippen molar-refractivity contribution in [3.05, 3.63) is 65.3 Å². The number of para-hydroxylation sites is 1. The molecule has 2 aromatic carbocycles. The van der Waals surface area contributed by atoms with Crippen LogP contribution in [0.5, 0.6) is 0 Å². The van der Waals surface area contributed by atoms with Gasteiger partial charge in [-0.25, -0.2) is 9.18 Å². The predicted molar refractivity (Wildman–Crippen MR) is 82.2 cm³/mol. The Kier molecular flexibility index (Phi) is 3.58. The topological polar surface area (TPSA) is 49.3 Å². The number of fused-ring (bicyclic) bond motifs is 1. The first-order chi connectivity index (χ1) is 10.2. The summed E-state index contributed by atoms with van der Waals surface area (Å²) >= 11 is 1.48. The molecule has 0 saturated carbocycles. The van der Waals surface area contributed by atoms with Gasteiger partial charge >= 0.3 is 5.97 Å². The molecule has 21 heavy (non-hydrogen) atoms. The van der Waals surface area contributed by atoms with Crippen LogP contribution in [-0.2, 0) is 4.79 Å². The molecular weight excluding hydrogens is 289 g/mol. The van der Waals surface area contributed by atoms with Crippen LogP contribution in [0.2, 0.25) is 0 Å². The largest absolute Gasteiger partial charge is 0.479 e. The van der Waals surface area contributed by atoms with Crippen molar-refractivity contribution >= 4 is 33.1 Å². The van der Waals surface area contributed by atoms with E-state index in [9.17, 15) is 14.3 Å². The molecule has 0 aliphatic rings. The molecule has 0 fully saturated rings. The van der Waals surface area contributed by atoms with Crippen molar-refractivity contribution in [1.82, 2.24) is 0 Å². The smallest absolute Gasteiger partial charge is 0.330 e. The van der Waals surface area contributed by atoms with Crippen molar-refractivity contribution in [1.29, 1.82) is 0 Å². The zero-order chi connectivity index (χ0) is 14.8. The number of hydrogen-bond donors (Lipinski definition) is 2. The number of aliphatic carboxylic acids is 1. The van der Waals surface area contributed by atoms with E-state index in [4.69, 9.17) is 0 Å². The van der Waals surface area contributed by atoms with E-state index in [-0.39, 0.29) is 5.69 Å². The van der Waals surface area contributed by atoms with Gasteiger partial charge in [0.25, 0.3) is 0 Å². The molecule has 1 aromatic heterocycles. The highest BCUT2D eigenvalue weighted by atomic mass is 32.1. The summed E-state index contributed by atoms with van der Waals surface area (Å²) in [6, 6.07) is 12.6. The van der Waals surface area contributed by atoms with Crippen LogP contribution in [0.3, 0.4) is 0 Å². The van der Waals surface area contributed by atoms with Crippen LogP contribution in [0, 0.1) is 5.82 Å². The van der Waals surface area contributed by atoms with Gasteiger partial charge < -0.3 is 10.4 Å². The van der Waals surface area contributed by atoms with Gasteiger partial charge in [0.1, 0.15) is 5.82 Å². The van der Waals surface area contributed by atoms with E-state index >= 15 is 0 Å². The van der Waals surface area contributed by atoms with E-state index in [2.05, 4.69) is 5.32 Å². The Morgan fingerprint density at radius 1 is 1.14 bits per heavy atom. The first-order valence-corrected chi connectivity index (χ1v) is 7.25. The predicted octanol–water partition coefficient (Wildman–Crippen LogP) is 4.28. The monoisotopic (exact) mass is 301 g/mol. The third-order valence-corrected chi connectivity index (χ3v) is 4.22. The van der Waals surface area contributed by atoms with Crippen LogP contribution in [0.15, 0.2) is 53.9 Å². The first kappa shape index (κ1) is 13.6. The van der Waals surface area contributed by atoms with Crippen LogP contribution >= 0.6 is 11.3 Å². The summed E-state index contributed by atoms with van der Waals surface area (Å²) in [5, 5.41) is 14.9. The average molecular weight is 301 g/mol. The molecule has 3 aromatic rings. The van der Waals surface area contributed by atoms with Crippen molar-refractivity contribution in [2.75, 3.05) is 5.32 Å². The maximum Gasteiger partial charge on any atom is 0.330 e. The Labute approximate surface area is 124 Å². The SMILES string of the molecule is O=C(O)C(Nc1ccccc1F)c1csc2ccccc12. The molecule has 106 valence electrons. The summed E-state index contributed by atoms with van der Waals surface area (Å²) in [7, 11) is 0. The maximum absolute atomic E-state index is 13.7. The van der Waals surface area contributed by atoms with E-state index in [1.807, 2.05) is 24.3 Å². The minimum absolute atomic E-state index is 0.181. The lowest BCUT2D eigenvalue weighted by molar-refractivity contribution is -0.138. The molecule has 5 heteroatoms. The first-order valence-electron chi connectivity index (χ1n) is 6.37. The molecule has 3 rings (SSSR count). The number of halogens is 1. The van der Waals surface area contributed by atoms with Gasteiger partial charge in [-0.05, 0) is 29.0 Å². The minimum Gasteiger partial charge on any atom is -0.479 e. The molecule has 2 N–H and O–H groups in total. The minimum atomic E-state index is -1.04. The van der Waals surface area contributed by atoms with Crippen molar-refractivity contribution < 1.29 is 14.3 Å². The van der Waals surface area contributed by atoms with E-state index in [1.165, 1.54) is 23.5 Å². The fourth-order valence-corrected chi connectivity index (χ4v) is 3.22. The lowest BCUT2D eigenvalue weighted by Crippen LogP contribution is -2.20. The summed E-state index contributed by atoms with van der Waals surface area (Å²) in [5.74, 6) is -1.51. The van der Waals surface area contributed by atoms with Gasteiger partial charge in [-0.2, -0.15) is 0 Å². The molecule has 3 nitrogen and oxygen atoms in total. The highest BCUT2D eigenvalue weighted by molar-refractivity contribution is 7.17. The third-order valence-electron chi connectivity index (χ3n) is 3.24. The number of rotatable bonds is 4. The van der Waals surface area contributed by atoms with Crippen LogP contribution in [0.1, 0.15) is 11.6 Å². The van der Waals surface area contributed by atoms with Gasteiger partial charge in [-0.15, -0.1) is 11.3 Å². The second-order valence-electron chi connectivity index (χ2n) is 4.58. The van der Waals surface area contributed by atoms with E-state index in [0.29, 0.717) is 5.56 Å². The van der Waals surface area contributed by atoms with E-state index in [0.717, 1.165) is 10.1 Å². The number of carboxylic acid groups (broad SMARTS) is 1. The Balaban J connectivity index is 2.03. The van der Waals surface area contributed by atoms with Crippen molar-refractivity contribution in [2.45, 2.75) is 6.04 Å². The van der Waals surface area contributed by atoms with Gasteiger partial charge in [0.2, 0.25) is 0 Å². The van der Waals surface area contributed by atoms with Crippen molar-refractivity contribution in [3.63, 3.8) is 0 Å². The second-order valence-corrected chi connectivity index (χ2v) is 5.49. The van der Waals surface area contributed by atoms with Crippen LogP contribution in [0.25, 0.3) is 10.1 Å². The average Bonchev–Trinajstić information content (AvgIpc) is 2.90. The number of carbonyl (C=O) groups is 1. The number of nitrogens with one attached hydrogen (secondary N) is 1. The Morgan fingerprint density at radius 3 is 2.62 bits per heavy atom. The summed E-state index contributed by atoms with van der Waals surface area (Å²) < 4.78 is 14.7. The summed E-state index contributed by atoms with van der Waals surface area (Å²) in [6.07, 6.45) is 0. The van der Waals surface area contributed by atoms with E-state index in [1.54, 1.807) is 17.5 Å². The number of benzene rings is 2. The summed E-state index contributed by atoms with van der Waals surface area (Å²) in [6.45, 7) is 0. The standard InChI is InChI=1S/C16H12FNO2S/c17-12-6-2-3-7-13(12)18-15(16(19)20)11-9-21-14-8-4-1-5-10(11)14/h1-9,15,18H,(H,19,20). The maximum atomic E-state index is 13.7. The van der Waals surface area contributed by atoms with E-state index < -0.39 is 17.8 Å². The highest BCUT2D eigenvalue weighted by Gasteiger charge is 2.23. The molecule has 0 aliphatic heterocycles. The van der Waals surface area contributed by atoms with Gasteiger partial charge in [0, 0.05) is 10.3 Å². The molecular formula is C16H12FNO2S. The lowest BCUT2D eigenvalue weighted by atomic mass is 10.1. The van der Waals surface area contributed by atoms with Crippen LogP contribution < -0.4 is 5.32 Å². The van der Waals surface area contributed by atoms with Gasteiger partial charge in [0.05, 0.1) is 5.69 Å². The Hall–Kier alpha value is -2.40. The molecule has 0 spiro atoms. The van der Waals surface area contributed by atoms with Gasteiger partial charge in [-0.1, -0.05) is 30.3 Å². The van der Waals surface area contributed by atoms with Crippen molar-refractivity contribution in [3.8, 4) is 0 Å². The van der Waals surface area contributed by atoms with Gasteiger partial charge in [0.15, 0.2) is 6.04 Å². The fraction of sp³-hybridized carbons (Fsp3) is 0.0625. The second kappa shape index (κ2) is 5.54. The number of carboxylic acids is 1.